The Balaban J connectivity index is 2.18. The van der Waals surface area contributed by atoms with E-state index < -0.39 is 0 Å². The molecule has 2 aromatic heterocycles. The van der Waals surface area contributed by atoms with E-state index >= 15 is 0 Å². The zero-order valence-corrected chi connectivity index (χ0v) is 12.2. The van der Waals surface area contributed by atoms with Crippen LogP contribution in [0.2, 0.25) is 0 Å². The first-order valence-corrected chi connectivity index (χ1v) is 7.54. The van der Waals surface area contributed by atoms with Gasteiger partial charge in [0.05, 0.1) is 5.69 Å². The van der Waals surface area contributed by atoms with Crippen LogP contribution in [-0.4, -0.2) is 28.1 Å². The molecule has 5 heteroatoms. The van der Waals surface area contributed by atoms with Crippen molar-refractivity contribution in [1.82, 2.24) is 14.7 Å². The summed E-state index contributed by atoms with van der Waals surface area (Å²) in [5.74, 6) is 0.772. The number of imidazole rings is 1. The fraction of sp³-hybridized carbons (Fsp3) is 0.200. The predicted octanol–water partition coefficient (Wildman–Crippen LogP) is 3.12. The Morgan fingerprint density at radius 2 is 2.30 bits per heavy atom. The lowest BCUT2D eigenvalue weighted by atomic mass is 10.3. The predicted molar refractivity (Wildman–Crippen MR) is 83.1 cm³/mol. The molecule has 20 heavy (non-hydrogen) atoms. The number of hydrogen-bond acceptors (Lipinski definition) is 4. The summed E-state index contributed by atoms with van der Waals surface area (Å²) in [6.45, 7) is 0. The van der Waals surface area contributed by atoms with Crippen molar-refractivity contribution >= 4 is 23.9 Å². The van der Waals surface area contributed by atoms with E-state index in [9.17, 15) is 0 Å². The largest absolute Gasteiger partial charge is 0.415 e. The Morgan fingerprint density at radius 3 is 3.00 bits per heavy atom. The minimum Gasteiger partial charge on any atom is -0.415 e. The number of fused-ring (bicyclic) bond motifs is 1. The lowest BCUT2D eigenvalue weighted by Gasteiger charge is -2.07. The van der Waals surface area contributed by atoms with Crippen LogP contribution in [0.1, 0.15) is 17.8 Å². The molecule has 0 radical (unpaired) electrons. The lowest BCUT2D eigenvalue weighted by Crippen LogP contribution is -2.09. The van der Waals surface area contributed by atoms with E-state index in [1.807, 2.05) is 12.1 Å². The fourth-order valence-electron chi connectivity index (χ4n) is 2.20. The van der Waals surface area contributed by atoms with Crippen LogP contribution in [0.5, 0.6) is 0 Å². The molecular formula is C15H15N3OS. The molecule has 0 saturated carbocycles. The van der Waals surface area contributed by atoms with Crippen molar-refractivity contribution in [2.24, 2.45) is 0 Å². The van der Waals surface area contributed by atoms with Crippen molar-refractivity contribution < 1.29 is 4.84 Å². The topological polar surface area (TPSA) is 39.9 Å². The maximum absolute atomic E-state index is 5.50. The van der Waals surface area contributed by atoms with Gasteiger partial charge in [0.1, 0.15) is 12.8 Å². The lowest BCUT2D eigenvalue weighted by molar-refractivity contribution is 0.169. The molecule has 2 heterocycles. The molecule has 0 fully saturated rings. The van der Waals surface area contributed by atoms with Crippen LogP contribution in [0.4, 0.5) is 0 Å². The van der Waals surface area contributed by atoms with Gasteiger partial charge >= 0.3 is 0 Å². The van der Waals surface area contributed by atoms with Crippen molar-refractivity contribution in [3.05, 3.63) is 46.9 Å². The number of allylic oxidation sites excluding steroid dienone is 2. The first-order chi connectivity index (χ1) is 9.83. The molecule has 4 nitrogen and oxygen atoms in total. The highest BCUT2D eigenvalue weighted by atomic mass is 32.2. The van der Waals surface area contributed by atoms with Crippen LogP contribution in [-0.2, 0) is 0 Å². The van der Waals surface area contributed by atoms with Crippen LogP contribution in [0.25, 0.3) is 23.5 Å². The molecule has 0 amide bonds. The summed E-state index contributed by atoms with van der Waals surface area (Å²) < 4.78 is 1.75. The number of thioether (sulfide) groups is 1. The van der Waals surface area contributed by atoms with Crippen molar-refractivity contribution in [3.63, 3.8) is 0 Å². The Bertz CT molecular complexity index is 674. The minimum absolute atomic E-state index is 0.772. The van der Waals surface area contributed by atoms with Gasteiger partial charge in [0.2, 0.25) is 0 Å². The molecule has 0 aliphatic heterocycles. The molecule has 3 rings (SSSR count). The SMILES string of the molecule is COn1c(-c2cccnc2)nc2c1C=CCC(SC)=C2. The van der Waals surface area contributed by atoms with Crippen LogP contribution < -0.4 is 4.84 Å². The summed E-state index contributed by atoms with van der Waals surface area (Å²) in [6.07, 6.45) is 12.9. The molecule has 0 unspecified atom stereocenters. The number of pyridine rings is 1. The van der Waals surface area contributed by atoms with Crippen LogP contribution in [0.15, 0.2) is 35.5 Å². The van der Waals surface area contributed by atoms with E-state index in [0.717, 1.165) is 29.2 Å². The van der Waals surface area contributed by atoms with E-state index in [1.54, 1.807) is 36.0 Å². The van der Waals surface area contributed by atoms with Gasteiger partial charge in [-0.25, -0.2) is 4.98 Å². The van der Waals surface area contributed by atoms with Gasteiger partial charge in [0.15, 0.2) is 5.82 Å². The number of nitrogens with zero attached hydrogens (tertiary/aromatic N) is 3. The summed E-state index contributed by atoms with van der Waals surface area (Å²) in [7, 11) is 1.65. The fourth-order valence-corrected chi connectivity index (χ4v) is 2.69. The van der Waals surface area contributed by atoms with E-state index in [0.29, 0.717) is 0 Å². The van der Waals surface area contributed by atoms with Crippen LogP contribution in [0.3, 0.4) is 0 Å². The highest BCUT2D eigenvalue weighted by molar-refractivity contribution is 8.02. The second-order valence-electron chi connectivity index (χ2n) is 4.35. The normalized spacial score (nSPS) is 13.6. The first-order valence-electron chi connectivity index (χ1n) is 6.32. The molecule has 1 aliphatic carbocycles. The number of aromatic nitrogens is 3. The van der Waals surface area contributed by atoms with Gasteiger partial charge < -0.3 is 4.84 Å². The molecule has 0 saturated heterocycles. The van der Waals surface area contributed by atoms with Gasteiger partial charge in [0, 0.05) is 18.0 Å². The van der Waals surface area contributed by atoms with E-state index in [2.05, 4.69) is 29.5 Å². The molecule has 1 aliphatic rings. The summed E-state index contributed by atoms with van der Waals surface area (Å²) in [5, 5.41) is 0. The van der Waals surface area contributed by atoms with E-state index in [-0.39, 0.29) is 0 Å². The Labute approximate surface area is 122 Å². The summed E-state index contributed by atoms with van der Waals surface area (Å²) in [6, 6.07) is 3.88. The standard InChI is InChI=1S/C15H15N3OS/c1-19-18-14-7-3-6-12(20-2)9-13(14)17-15(18)11-5-4-8-16-10-11/h3-5,7-10H,6H2,1-2H3. The zero-order valence-electron chi connectivity index (χ0n) is 11.4. The maximum Gasteiger partial charge on any atom is 0.178 e. The van der Waals surface area contributed by atoms with E-state index in [4.69, 9.17) is 9.82 Å². The average molecular weight is 285 g/mol. The van der Waals surface area contributed by atoms with Crippen molar-refractivity contribution in [2.45, 2.75) is 6.42 Å². The number of rotatable bonds is 3. The van der Waals surface area contributed by atoms with Gasteiger partial charge in [-0.3, -0.25) is 4.98 Å². The van der Waals surface area contributed by atoms with Crippen LogP contribution in [0, 0.1) is 0 Å². The van der Waals surface area contributed by atoms with Crippen molar-refractivity contribution in [3.8, 4) is 11.4 Å². The molecule has 0 spiro atoms. The van der Waals surface area contributed by atoms with Crippen molar-refractivity contribution in [2.75, 3.05) is 13.4 Å². The van der Waals surface area contributed by atoms with E-state index in [1.165, 1.54) is 4.91 Å². The molecule has 0 aromatic carbocycles. The molecule has 0 bridgehead atoms. The zero-order chi connectivity index (χ0) is 13.9. The summed E-state index contributed by atoms with van der Waals surface area (Å²) in [5.41, 5.74) is 2.84. The van der Waals surface area contributed by atoms with Gasteiger partial charge in [-0.1, -0.05) is 6.08 Å². The van der Waals surface area contributed by atoms with Gasteiger partial charge in [0.25, 0.3) is 0 Å². The summed E-state index contributed by atoms with van der Waals surface area (Å²) in [4.78, 5) is 15.6. The maximum atomic E-state index is 5.50. The quantitative estimate of drug-likeness (QED) is 0.868. The molecule has 0 atom stereocenters. The average Bonchev–Trinajstić information content (AvgIpc) is 2.71. The van der Waals surface area contributed by atoms with Gasteiger partial charge in [-0.2, -0.15) is 4.73 Å². The van der Waals surface area contributed by atoms with Gasteiger partial charge in [-0.15, -0.1) is 11.8 Å². The van der Waals surface area contributed by atoms with Gasteiger partial charge in [-0.05, 0) is 41.9 Å². The minimum atomic E-state index is 0.772. The highest BCUT2D eigenvalue weighted by Crippen LogP contribution is 2.29. The Morgan fingerprint density at radius 1 is 1.40 bits per heavy atom. The van der Waals surface area contributed by atoms with Crippen molar-refractivity contribution in [1.29, 1.82) is 0 Å². The third-order valence-electron chi connectivity index (χ3n) is 3.16. The Hall–Kier alpha value is -2.01. The smallest absolute Gasteiger partial charge is 0.178 e. The number of hydrogen-bond donors (Lipinski definition) is 0. The highest BCUT2D eigenvalue weighted by Gasteiger charge is 2.18. The summed E-state index contributed by atoms with van der Waals surface area (Å²) >= 11 is 1.75. The monoisotopic (exact) mass is 285 g/mol. The van der Waals surface area contributed by atoms with Crippen LogP contribution >= 0.6 is 11.8 Å². The third-order valence-corrected chi connectivity index (χ3v) is 3.97. The Kier molecular flexibility index (Phi) is 3.60. The first kappa shape index (κ1) is 13.0. The molecule has 102 valence electrons. The molecule has 0 N–H and O–H groups in total. The second kappa shape index (κ2) is 5.54. The molecule has 2 aromatic rings. The second-order valence-corrected chi connectivity index (χ2v) is 5.28. The third kappa shape index (κ3) is 2.25. The molecular weight excluding hydrogens is 270 g/mol.